The summed E-state index contributed by atoms with van der Waals surface area (Å²) < 4.78 is 0. The number of hydrogen-bond acceptors (Lipinski definition) is 3. The quantitative estimate of drug-likeness (QED) is 0.697. The number of aliphatic carboxylic acids is 1. The molecule has 5 heteroatoms. The first-order valence-electron chi connectivity index (χ1n) is 7.78. The highest BCUT2D eigenvalue weighted by Gasteiger charge is 2.47. The highest BCUT2D eigenvalue weighted by Crippen LogP contribution is 2.33. The molecule has 1 unspecified atom stereocenters. The maximum Gasteiger partial charge on any atom is 0.324 e. The van der Waals surface area contributed by atoms with Crippen molar-refractivity contribution in [2.45, 2.75) is 52.0 Å². The van der Waals surface area contributed by atoms with E-state index in [0.717, 1.165) is 18.4 Å². The van der Waals surface area contributed by atoms with E-state index < -0.39 is 11.5 Å². The monoisotopic (exact) mass is 296 g/mol. The van der Waals surface area contributed by atoms with Crippen LogP contribution in [0.15, 0.2) is 12.2 Å². The third-order valence-corrected chi connectivity index (χ3v) is 4.21. The molecule has 21 heavy (non-hydrogen) atoms. The molecule has 1 amide bonds. The van der Waals surface area contributed by atoms with E-state index >= 15 is 0 Å². The molecule has 1 aliphatic rings. The molecule has 1 fully saturated rings. The van der Waals surface area contributed by atoms with Gasteiger partial charge in [-0.1, -0.05) is 25.5 Å². The van der Waals surface area contributed by atoms with Gasteiger partial charge in [-0.15, -0.1) is 0 Å². The second-order valence-electron chi connectivity index (χ2n) is 5.98. The Labute approximate surface area is 127 Å². The number of carbonyl (C=O) groups excluding carboxylic acids is 1. The summed E-state index contributed by atoms with van der Waals surface area (Å²) >= 11 is 0. The number of carboxylic acid groups (broad SMARTS) is 1. The lowest BCUT2D eigenvalue weighted by atomic mass is 9.90. The van der Waals surface area contributed by atoms with E-state index in [2.05, 4.69) is 6.58 Å². The summed E-state index contributed by atoms with van der Waals surface area (Å²) in [7, 11) is 0. The molecule has 1 N–H and O–H groups in total. The molecule has 0 spiro atoms. The third-order valence-electron chi connectivity index (χ3n) is 4.21. The van der Waals surface area contributed by atoms with Gasteiger partial charge in [-0.25, -0.2) is 0 Å². The molecule has 5 nitrogen and oxygen atoms in total. The standard InChI is InChI=1S/C16H28N2O3/c1-5-8-16(15(20)21)9-7-10-18(16)12-14(19)17(6-2)11-13(3)4/h3,5-12H2,1-2,4H3,(H,20,21). The molecular formula is C16H28N2O3. The molecule has 0 radical (unpaired) electrons. The van der Waals surface area contributed by atoms with E-state index in [-0.39, 0.29) is 12.5 Å². The largest absolute Gasteiger partial charge is 0.480 e. The molecule has 120 valence electrons. The third kappa shape index (κ3) is 4.06. The number of amides is 1. The van der Waals surface area contributed by atoms with Gasteiger partial charge in [0, 0.05) is 13.1 Å². The van der Waals surface area contributed by atoms with Crippen LogP contribution in [0.5, 0.6) is 0 Å². The Balaban J connectivity index is 2.81. The molecule has 0 aromatic carbocycles. The van der Waals surface area contributed by atoms with Crippen molar-refractivity contribution in [2.75, 3.05) is 26.2 Å². The lowest BCUT2D eigenvalue weighted by Gasteiger charge is -2.35. The van der Waals surface area contributed by atoms with Crippen molar-refractivity contribution < 1.29 is 14.7 Å². The predicted molar refractivity (Wildman–Crippen MR) is 83.1 cm³/mol. The van der Waals surface area contributed by atoms with Crippen molar-refractivity contribution in [1.82, 2.24) is 9.80 Å². The first-order chi connectivity index (χ1) is 9.87. The molecule has 0 bridgehead atoms. The normalized spacial score (nSPS) is 22.2. The van der Waals surface area contributed by atoms with Gasteiger partial charge in [0.15, 0.2) is 0 Å². The van der Waals surface area contributed by atoms with Crippen LogP contribution in [0.2, 0.25) is 0 Å². The molecule has 0 aliphatic carbocycles. The van der Waals surface area contributed by atoms with Crippen LogP contribution < -0.4 is 0 Å². The average Bonchev–Trinajstić information content (AvgIpc) is 2.80. The van der Waals surface area contributed by atoms with Crippen LogP contribution in [0, 0.1) is 0 Å². The van der Waals surface area contributed by atoms with Crippen LogP contribution in [-0.4, -0.2) is 58.5 Å². The Hall–Kier alpha value is -1.36. The van der Waals surface area contributed by atoms with Crippen LogP contribution in [-0.2, 0) is 9.59 Å². The number of likely N-dealkylation sites (tertiary alicyclic amines) is 1. The van der Waals surface area contributed by atoms with Gasteiger partial charge in [-0.05, 0) is 39.7 Å². The van der Waals surface area contributed by atoms with E-state index in [9.17, 15) is 14.7 Å². The lowest BCUT2D eigenvalue weighted by molar-refractivity contribution is -0.151. The second-order valence-corrected chi connectivity index (χ2v) is 5.98. The van der Waals surface area contributed by atoms with Gasteiger partial charge >= 0.3 is 5.97 Å². The number of likely N-dealkylation sites (N-methyl/N-ethyl adjacent to an activating group) is 1. The van der Waals surface area contributed by atoms with Crippen molar-refractivity contribution in [3.8, 4) is 0 Å². The van der Waals surface area contributed by atoms with Crippen LogP contribution in [0.25, 0.3) is 0 Å². The van der Waals surface area contributed by atoms with E-state index in [1.54, 1.807) is 4.90 Å². The predicted octanol–water partition coefficient (Wildman–Crippen LogP) is 2.13. The minimum Gasteiger partial charge on any atom is -0.480 e. The van der Waals surface area contributed by atoms with Gasteiger partial charge in [-0.2, -0.15) is 0 Å². The fourth-order valence-corrected chi connectivity index (χ4v) is 3.18. The molecule has 1 atom stereocenters. The Morgan fingerprint density at radius 3 is 2.52 bits per heavy atom. The summed E-state index contributed by atoms with van der Waals surface area (Å²) in [4.78, 5) is 27.8. The van der Waals surface area contributed by atoms with Gasteiger partial charge in [0.25, 0.3) is 0 Å². The lowest BCUT2D eigenvalue weighted by Crippen LogP contribution is -2.54. The van der Waals surface area contributed by atoms with Gasteiger partial charge in [0.05, 0.1) is 6.54 Å². The molecule has 0 aromatic rings. The Morgan fingerprint density at radius 2 is 2.05 bits per heavy atom. The van der Waals surface area contributed by atoms with E-state index in [1.807, 2.05) is 25.7 Å². The molecule has 1 heterocycles. The number of nitrogens with zero attached hydrogens (tertiary/aromatic N) is 2. The maximum absolute atomic E-state index is 12.4. The van der Waals surface area contributed by atoms with Crippen molar-refractivity contribution in [3.63, 3.8) is 0 Å². The van der Waals surface area contributed by atoms with Gasteiger partial charge in [0.1, 0.15) is 5.54 Å². The Bertz CT molecular complexity index is 408. The fraction of sp³-hybridized carbons (Fsp3) is 0.750. The first-order valence-corrected chi connectivity index (χ1v) is 7.78. The SMILES string of the molecule is C=C(C)CN(CC)C(=O)CN1CCCC1(CCC)C(=O)O. The number of carboxylic acids is 1. The van der Waals surface area contributed by atoms with Crippen molar-refractivity contribution >= 4 is 11.9 Å². The number of carbonyl (C=O) groups is 2. The summed E-state index contributed by atoms with van der Waals surface area (Å²) in [6.07, 6.45) is 2.88. The summed E-state index contributed by atoms with van der Waals surface area (Å²) in [6, 6.07) is 0. The van der Waals surface area contributed by atoms with Crippen LogP contribution in [0.4, 0.5) is 0 Å². The summed E-state index contributed by atoms with van der Waals surface area (Å²) in [6.45, 7) is 11.7. The smallest absolute Gasteiger partial charge is 0.324 e. The zero-order chi connectivity index (χ0) is 16.0. The van der Waals surface area contributed by atoms with E-state index in [1.165, 1.54) is 0 Å². The molecule has 1 saturated heterocycles. The molecule has 0 aromatic heterocycles. The summed E-state index contributed by atoms with van der Waals surface area (Å²) in [5.74, 6) is -0.804. The van der Waals surface area contributed by atoms with Gasteiger partial charge in [-0.3, -0.25) is 14.5 Å². The van der Waals surface area contributed by atoms with Gasteiger partial charge in [0.2, 0.25) is 5.91 Å². The van der Waals surface area contributed by atoms with Crippen LogP contribution in [0.3, 0.4) is 0 Å². The van der Waals surface area contributed by atoms with E-state index in [0.29, 0.717) is 32.5 Å². The first kappa shape index (κ1) is 17.7. The number of rotatable bonds is 8. The van der Waals surface area contributed by atoms with Crippen molar-refractivity contribution in [3.05, 3.63) is 12.2 Å². The summed E-state index contributed by atoms with van der Waals surface area (Å²) in [5.41, 5.74) is 0.0808. The van der Waals surface area contributed by atoms with Crippen molar-refractivity contribution in [2.24, 2.45) is 0 Å². The number of hydrogen-bond donors (Lipinski definition) is 1. The topological polar surface area (TPSA) is 60.9 Å². The van der Waals surface area contributed by atoms with Crippen LogP contribution in [0.1, 0.15) is 46.5 Å². The highest BCUT2D eigenvalue weighted by atomic mass is 16.4. The second kappa shape index (κ2) is 7.59. The zero-order valence-electron chi connectivity index (χ0n) is 13.5. The molecular weight excluding hydrogens is 268 g/mol. The van der Waals surface area contributed by atoms with Crippen LogP contribution >= 0.6 is 0 Å². The minimum absolute atomic E-state index is 0.0101. The van der Waals surface area contributed by atoms with Crippen molar-refractivity contribution in [1.29, 1.82) is 0 Å². The fourth-order valence-electron chi connectivity index (χ4n) is 3.18. The maximum atomic E-state index is 12.4. The zero-order valence-corrected chi connectivity index (χ0v) is 13.5. The summed E-state index contributed by atoms with van der Waals surface area (Å²) in [5, 5.41) is 9.64. The highest BCUT2D eigenvalue weighted by molar-refractivity contribution is 5.82. The minimum atomic E-state index is -0.854. The Kier molecular flexibility index (Phi) is 6.40. The van der Waals surface area contributed by atoms with Gasteiger partial charge < -0.3 is 10.0 Å². The molecule has 1 rings (SSSR count). The molecule has 0 saturated carbocycles. The molecule has 1 aliphatic heterocycles. The Morgan fingerprint density at radius 1 is 1.38 bits per heavy atom. The average molecular weight is 296 g/mol. The van der Waals surface area contributed by atoms with E-state index in [4.69, 9.17) is 0 Å².